The van der Waals surface area contributed by atoms with Crippen LogP contribution in [0, 0.1) is 6.92 Å². The van der Waals surface area contributed by atoms with E-state index in [0.29, 0.717) is 0 Å². The Labute approximate surface area is 109 Å². The maximum Gasteiger partial charge on any atom is -0.0316 e. The Morgan fingerprint density at radius 3 is 1.71 bits per heavy atom. The van der Waals surface area contributed by atoms with Crippen molar-refractivity contribution in [3.63, 3.8) is 0 Å². The van der Waals surface area contributed by atoms with Crippen molar-refractivity contribution in [2.24, 2.45) is 0 Å². The summed E-state index contributed by atoms with van der Waals surface area (Å²) >= 11 is 0. The van der Waals surface area contributed by atoms with Crippen molar-refractivity contribution in [1.29, 1.82) is 0 Å². The largest absolute Gasteiger partial charge is 0.103 e. The summed E-state index contributed by atoms with van der Waals surface area (Å²) in [7, 11) is 0. The first-order chi connectivity index (χ1) is 8.41. The molecule has 0 aliphatic heterocycles. The lowest BCUT2D eigenvalue weighted by molar-refractivity contribution is 0.571. The minimum atomic E-state index is 1.11. The van der Waals surface area contributed by atoms with Gasteiger partial charge in [-0.25, -0.2) is 0 Å². The molecule has 1 radical (unpaired) electrons. The molecule has 0 aromatic heterocycles. The van der Waals surface area contributed by atoms with Crippen LogP contribution in [-0.2, 0) is 0 Å². The van der Waals surface area contributed by atoms with Gasteiger partial charge in [0.25, 0.3) is 0 Å². The molecule has 0 aromatic rings. The van der Waals surface area contributed by atoms with Crippen LogP contribution in [0.2, 0.25) is 0 Å². The molecule has 17 heavy (non-hydrogen) atoms. The van der Waals surface area contributed by atoms with Gasteiger partial charge in [-0.3, -0.25) is 0 Å². The lowest BCUT2D eigenvalue weighted by Crippen LogP contribution is -1.80. The van der Waals surface area contributed by atoms with E-state index >= 15 is 0 Å². The molecule has 0 bridgehead atoms. The fourth-order valence-electron chi connectivity index (χ4n) is 1.95. The molecule has 0 aliphatic carbocycles. The van der Waals surface area contributed by atoms with Crippen LogP contribution in [0.1, 0.15) is 77.0 Å². The van der Waals surface area contributed by atoms with Crippen molar-refractivity contribution in [3.8, 4) is 0 Å². The van der Waals surface area contributed by atoms with E-state index in [4.69, 9.17) is 0 Å². The molecule has 0 N–H and O–H groups in total. The number of hydrogen-bond donors (Lipinski definition) is 0. The van der Waals surface area contributed by atoms with E-state index in [1.807, 2.05) is 6.08 Å². The Hall–Kier alpha value is -0.520. The van der Waals surface area contributed by atoms with Gasteiger partial charge in [0.1, 0.15) is 0 Å². The van der Waals surface area contributed by atoms with Crippen molar-refractivity contribution in [1.82, 2.24) is 0 Å². The molecule has 0 aliphatic rings. The maximum atomic E-state index is 3.87. The fourth-order valence-corrected chi connectivity index (χ4v) is 1.95. The summed E-state index contributed by atoms with van der Waals surface area (Å²) < 4.78 is 0. The van der Waals surface area contributed by atoms with E-state index in [-0.39, 0.29) is 0 Å². The van der Waals surface area contributed by atoms with Crippen LogP contribution in [0.15, 0.2) is 24.8 Å². The van der Waals surface area contributed by atoms with Gasteiger partial charge in [-0.15, -0.1) is 6.58 Å². The Bertz CT molecular complexity index is 167. The van der Waals surface area contributed by atoms with Crippen molar-refractivity contribution in [3.05, 3.63) is 31.7 Å². The van der Waals surface area contributed by atoms with E-state index in [0.717, 1.165) is 19.3 Å². The SMILES string of the molecule is [CH2]CCCCCCCCCCC=CCCC=C. The van der Waals surface area contributed by atoms with Crippen LogP contribution in [0.25, 0.3) is 0 Å². The van der Waals surface area contributed by atoms with Gasteiger partial charge in [-0.1, -0.05) is 76.5 Å². The van der Waals surface area contributed by atoms with Crippen LogP contribution in [0.5, 0.6) is 0 Å². The third-order valence-corrected chi connectivity index (χ3v) is 3.07. The molecule has 0 heterocycles. The van der Waals surface area contributed by atoms with Crippen LogP contribution < -0.4 is 0 Å². The highest BCUT2D eigenvalue weighted by atomic mass is 14.0. The van der Waals surface area contributed by atoms with Crippen molar-refractivity contribution in [2.75, 3.05) is 0 Å². The monoisotopic (exact) mass is 235 g/mol. The Kier molecular flexibility index (Phi) is 15.0. The van der Waals surface area contributed by atoms with Gasteiger partial charge in [0, 0.05) is 0 Å². The van der Waals surface area contributed by atoms with Gasteiger partial charge >= 0.3 is 0 Å². The molecule has 0 spiro atoms. The standard InChI is InChI=1S/C17H31/c1-3-5-7-9-11-13-15-17-16-14-12-10-8-6-4-2/h3,9,11H,1-2,4-8,10,12-17H2. The zero-order valence-corrected chi connectivity index (χ0v) is 11.6. The predicted molar refractivity (Wildman–Crippen MR) is 80.1 cm³/mol. The molecule has 0 nitrogen and oxygen atoms in total. The molecule has 99 valence electrons. The number of hydrogen-bond acceptors (Lipinski definition) is 0. The maximum absolute atomic E-state index is 3.87. The molecule has 0 rings (SSSR count). The first-order valence-electron chi connectivity index (χ1n) is 7.47. The minimum Gasteiger partial charge on any atom is -0.103 e. The fraction of sp³-hybridized carbons (Fsp3) is 0.706. The summed E-state index contributed by atoms with van der Waals surface area (Å²) in [5.74, 6) is 0. The molecule has 0 amide bonds. The molecular weight excluding hydrogens is 204 g/mol. The Morgan fingerprint density at radius 1 is 0.588 bits per heavy atom. The van der Waals surface area contributed by atoms with E-state index in [9.17, 15) is 0 Å². The zero-order chi connectivity index (χ0) is 12.6. The second-order valence-electron chi connectivity index (χ2n) is 4.81. The molecule has 0 fully saturated rings. The molecule has 0 saturated heterocycles. The van der Waals surface area contributed by atoms with Crippen LogP contribution in [-0.4, -0.2) is 0 Å². The molecular formula is C17H31. The van der Waals surface area contributed by atoms with E-state index in [2.05, 4.69) is 25.7 Å². The second kappa shape index (κ2) is 15.5. The van der Waals surface area contributed by atoms with Crippen LogP contribution in [0.4, 0.5) is 0 Å². The predicted octanol–water partition coefficient (Wildman–Crippen LogP) is 6.24. The van der Waals surface area contributed by atoms with Gasteiger partial charge in [0.05, 0.1) is 0 Å². The zero-order valence-electron chi connectivity index (χ0n) is 11.6. The van der Waals surface area contributed by atoms with E-state index in [1.165, 1.54) is 57.8 Å². The van der Waals surface area contributed by atoms with Crippen molar-refractivity contribution < 1.29 is 0 Å². The lowest BCUT2D eigenvalue weighted by Gasteiger charge is -2.00. The molecule has 0 saturated carbocycles. The lowest BCUT2D eigenvalue weighted by atomic mass is 10.1. The van der Waals surface area contributed by atoms with Gasteiger partial charge < -0.3 is 0 Å². The summed E-state index contributed by atoms with van der Waals surface area (Å²) in [5, 5.41) is 0. The average molecular weight is 235 g/mol. The Balaban J connectivity index is 2.98. The summed E-state index contributed by atoms with van der Waals surface area (Å²) in [6.07, 6.45) is 22.4. The van der Waals surface area contributed by atoms with Crippen molar-refractivity contribution in [2.45, 2.75) is 77.0 Å². The quantitative estimate of drug-likeness (QED) is 0.262. The van der Waals surface area contributed by atoms with Crippen molar-refractivity contribution >= 4 is 0 Å². The van der Waals surface area contributed by atoms with Gasteiger partial charge in [-0.05, 0) is 25.7 Å². The molecule has 0 unspecified atom stereocenters. The summed E-state index contributed by atoms with van der Waals surface area (Å²) in [4.78, 5) is 0. The smallest absolute Gasteiger partial charge is 0.0316 e. The van der Waals surface area contributed by atoms with Crippen LogP contribution >= 0.6 is 0 Å². The normalized spacial score (nSPS) is 11.1. The topological polar surface area (TPSA) is 0 Å². The summed E-state index contributed by atoms with van der Waals surface area (Å²) in [6, 6.07) is 0. The number of unbranched alkanes of at least 4 members (excludes halogenated alkanes) is 10. The highest BCUT2D eigenvalue weighted by Gasteiger charge is 1.90. The minimum absolute atomic E-state index is 1.11. The summed E-state index contributed by atoms with van der Waals surface area (Å²) in [5.41, 5.74) is 0. The molecule has 0 heteroatoms. The average Bonchev–Trinajstić information content (AvgIpc) is 2.35. The van der Waals surface area contributed by atoms with Gasteiger partial charge in [0.15, 0.2) is 0 Å². The second-order valence-corrected chi connectivity index (χ2v) is 4.81. The third-order valence-electron chi connectivity index (χ3n) is 3.07. The van der Waals surface area contributed by atoms with E-state index < -0.39 is 0 Å². The number of rotatable bonds is 13. The first-order valence-corrected chi connectivity index (χ1v) is 7.47. The highest BCUT2D eigenvalue weighted by Crippen LogP contribution is 2.10. The molecule has 0 aromatic carbocycles. The highest BCUT2D eigenvalue weighted by molar-refractivity contribution is 4.84. The number of allylic oxidation sites excluding steroid dienone is 3. The van der Waals surface area contributed by atoms with Gasteiger partial charge in [-0.2, -0.15) is 0 Å². The summed E-state index contributed by atoms with van der Waals surface area (Å²) in [6.45, 7) is 7.59. The van der Waals surface area contributed by atoms with Crippen LogP contribution in [0.3, 0.4) is 0 Å². The first kappa shape index (κ1) is 16.5. The van der Waals surface area contributed by atoms with E-state index in [1.54, 1.807) is 0 Å². The van der Waals surface area contributed by atoms with Gasteiger partial charge in [0.2, 0.25) is 0 Å². The third kappa shape index (κ3) is 15.5. The Morgan fingerprint density at radius 2 is 1.12 bits per heavy atom. The molecule has 0 atom stereocenters.